The Morgan fingerprint density at radius 2 is 1.70 bits per heavy atom. The first-order valence-electron chi connectivity index (χ1n) is 13.6. The number of amides is 2. The van der Waals surface area contributed by atoms with Crippen molar-refractivity contribution in [1.82, 2.24) is 9.80 Å². The van der Waals surface area contributed by atoms with Crippen LogP contribution in [0.25, 0.3) is 0 Å². The molecule has 0 aliphatic carbocycles. The van der Waals surface area contributed by atoms with Gasteiger partial charge in [0.05, 0.1) is 6.04 Å². The Balaban J connectivity index is 1.60. The van der Waals surface area contributed by atoms with Crippen LogP contribution in [0.2, 0.25) is 0 Å². The van der Waals surface area contributed by atoms with Crippen LogP contribution in [0.4, 0.5) is 0 Å². The minimum atomic E-state index is -0.122. The van der Waals surface area contributed by atoms with Gasteiger partial charge < -0.3 is 9.80 Å². The second-order valence-electron chi connectivity index (χ2n) is 11.0. The molecule has 4 rings (SSSR count). The minimum Gasteiger partial charge on any atom is -0.330 e. The third-order valence-corrected chi connectivity index (χ3v) is 8.38. The molecular formula is C32H40N2O2S. The smallest absolute Gasteiger partial charge is 0.254 e. The molecule has 37 heavy (non-hydrogen) atoms. The lowest BCUT2D eigenvalue weighted by molar-refractivity contribution is -0.134. The van der Waals surface area contributed by atoms with Crippen molar-refractivity contribution in [2.45, 2.75) is 71.8 Å². The monoisotopic (exact) mass is 516 g/mol. The average Bonchev–Trinajstić information content (AvgIpc) is 3.38. The van der Waals surface area contributed by atoms with Crippen LogP contribution in [0, 0.1) is 0 Å². The minimum absolute atomic E-state index is 0.0105. The maximum Gasteiger partial charge on any atom is 0.254 e. The van der Waals surface area contributed by atoms with E-state index in [1.54, 1.807) is 16.2 Å². The number of benzene rings is 2. The van der Waals surface area contributed by atoms with Gasteiger partial charge in [0.25, 0.3) is 5.91 Å². The molecular weight excluding hydrogens is 476 g/mol. The maximum atomic E-state index is 13.9. The van der Waals surface area contributed by atoms with Crippen LogP contribution < -0.4 is 0 Å². The topological polar surface area (TPSA) is 40.6 Å². The highest BCUT2D eigenvalue weighted by Crippen LogP contribution is 2.38. The lowest BCUT2D eigenvalue weighted by atomic mass is 9.85. The van der Waals surface area contributed by atoms with E-state index >= 15 is 0 Å². The van der Waals surface area contributed by atoms with E-state index in [1.165, 1.54) is 21.6 Å². The molecule has 1 aliphatic heterocycles. The Labute approximate surface area is 226 Å². The van der Waals surface area contributed by atoms with Crippen LogP contribution in [0.3, 0.4) is 0 Å². The molecule has 3 aromatic rings. The second-order valence-corrected chi connectivity index (χ2v) is 12.0. The number of hydrogen-bond donors (Lipinski definition) is 0. The molecule has 1 aliphatic rings. The number of fused-ring (bicyclic) bond motifs is 1. The first kappa shape index (κ1) is 27.1. The van der Waals surface area contributed by atoms with Gasteiger partial charge in [0.15, 0.2) is 0 Å². The number of carbonyl (C=O) groups is 2. The fourth-order valence-electron chi connectivity index (χ4n) is 5.03. The van der Waals surface area contributed by atoms with E-state index in [9.17, 15) is 9.59 Å². The molecule has 0 spiro atoms. The van der Waals surface area contributed by atoms with Crippen molar-refractivity contribution in [1.29, 1.82) is 0 Å². The van der Waals surface area contributed by atoms with Gasteiger partial charge in [-0.25, -0.2) is 0 Å². The van der Waals surface area contributed by atoms with E-state index < -0.39 is 0 Å². The van der Waals surface area contributed by atoms with E-state index in [4.69, 9.17) is 0 Å². The Morgan fingerprint density at radius 1 is 1.00 bits per heavy atom. The van der Waals surface area contributed by atoms with Gasteiger partial charge in [-0.15, -0.1) is 11.3 Å². The van der Waals surface area contributed by atoms with Crippen LogP contribution in [0.1, 0.15) is 91.0 Å². The van der Waals surface area contributed by atoms with Crippen molar-refractivity contribution in [3.8, 4) is 0 Å². The van der Waals surface area contributed by atoms with Crippen molar-refractivity contribution < 1.29 is 9.59 Å². The fourth-order valence-corrected chi connectivity index (χ4v) is 5.93. The molecule has 0 bridgehead atoms. The summed E-state index contributed by atoms with van der Waals surface area (Å²) >= 11 is 1.77. The molecule has 0 N–H and O–H groups in total. The second kappa shape index (κ2) is 11.6. The van der Waals surface area contributed by atoms with Crippen LogP contribution in [-0.2, 0) is 23.1 Å². The third-order valence-electron chi connectivity index (χ3n) is 7.38. The van der Waals surface area contributed by atoms with Gasteiger partial charge in [-0.1, -0.05) is 77.4 Å². The van der Waals surface area contributed by atoms with Gasteiger partial charge >= 0.3 is 0 Å². The van der Waals surface area contributed by atoms with Gasteiger partial charge in [-0.2, -0.15) is 0 Å². The van der Waals surface area contributed by atoms with Crippen molar-refractivity contribution in [2.24, 2.45) is 0 Å². The summed E-state index contributed by atoms with van der Waals surface area (Å²) in [4.78, 5) is 32.4. The normalized spacial score (nSPS) is 15.4. The summed E-state index contributed by atoms with van der Waals surface area (Å²) in [5, 5.41) is 2.13. The summed E-state index contributed by atoms with van der Waals surface area (Å²) in [6.07, 6.45) is 3.64. The summed E-state index contributed by atoms with van der Waals surface area (Å²) in [5.41, 5.74) is 5.55. The largest absolute Gasteiger partial charge is 0.330 e. The Hall–Kier alpha value is -2.92. The highest BCUT2D eigenvalue weighted by atomic mass is 32.1. The Bertz CT molecular complexity index is 1200. The van der Waals surface area contributed by atoms with Crippen LogP contribution in [-0.4, -0.2) is 41.2 Å². The molecule has 0 radical (unpaired) electrons. The third kappa shape index (κ3) is 6.15. The van der Waals surface area contributed by atoms with E-state index in [-0.39, 0.29) is 29.8 Å². The number of thiophene rings is 1. The van der Waals surface area contributed by atoms with E-state index in [0.717, 1.165) is 31.2 Å². The van der Waals surface area contributed by atoms with Gasteiger partial charge in [0, 0.05) is 23.5 Å². The van der Waals surface area contributed by atoms with Crippen molar-refractivity contribution >= 4 is 23.2 Å². The SMILES string of the molecule is CCCCN(CC(=O)N1CCc2sccc2C1c1ccc(C(C)(C)C)cc1)C(=O)c1ccc(CC)cc1. The zero-order valence-electron chi connectivity index (χ0n) is 22.9. The first-order valence-corrected chi connectivity index (χ1v) is 14.4. The lowest BCUT2D eigenvalue weighted by Gasteiger charge is -2.38. The van der Waals surface area contributed by atoms with Gasteiger partial charge in [0.2, 0.25) is 5.91 Å². The van der Waals surface area contributed by atoms with E-state index in [1.807, 2.05) is 29.2 Å². The predicted octanol–water partition coefficient (Wildman–Crippen LogP) is 7.02. The molecule has 196 valence electrons. The molecule has 1 unspecified atom stereocenters. The molecule has 0 fully saturated rings. The number of aryl methyl sites for hydroxylation is 1. The van der Waals surface area contributed by atoms with Crippen molar-refractivity contribution in [3.05, 3.63) is 92.7 Å². The molecule has 2 amide bonds. The van der Waals surface area contributed by atoms with Gasteiger partial charge in [0.1, 0.15) is 6.54 Å². The Morgan fingerprint density at radius 3 is 2.32 bits per heavy atom. The summed E-state index contributed by atoms with van der Waals surface area (Å²) < 4.78 is 0. The van der Waals surface area contributed by atoms with E-state index in [2.05, 4.69) is 70.3 Å². The molecule has 2 heterocycles. The highest BCUT2D eigenvalue weighted by molar-refractivity contribution is 7.10. The van der Waals surface area contributed by atoms with Gasteiger partial charge in [-0.3, -0.25) is 9.59 Å². The molecule has 1 atom stereocenters. The van der Waals surface area contributed by atoms with Crippen LogP contribution >= 0.6 is 11.3 Å². The molecule has 5 heteroatoms. The molecule has 1 aromatic heterocycles. The number of hydrogen-bond acceptors (Lipinski definition) is 3. The molecule has 0 saturated carbocycles. The molecule has 2 aromatic carbocycles. The highest BCUT2D eigenvalue weighted by Gasteiger charge is 2.34. The zero-order valence-corrected chi connectivity index (χ0v) is 23.7. The predicted molar refractivity (Wildman–Crippen MR) is 153 cm³/mol. The lowest BCUT2D eigenvalue weighted by Crippen LogP contribution is -2.47. The zero-order chi connectivity index (χ0) is 26.6. The van der Waals surface area contributed by atoms with Crippen LogP contribution in [0.15, 0.2) is 60.0 Å². The molecule has 4 nitrogen and oxygen atoms in total. The van der Waals surface area contributed by atoms with Crippen molar-refractivity contribution in [3.63, 3.8) is 0 Å². The number of carbonyl (C=O) groups excluding carboxylic acids is 2. The number of rotatable bonds is 8. The summed E-state index contributed by atoms with van der Waals surface area (Å²) in [6.45, 7) is 12.2. The van der Waals surface area contributed by atoms with E-state index in [0.29, 0.717) is 18.7 Å². The first-order chi connectivity index (χ1) is 17.7. The molecule has 0 saturated heterocycles. The maximum absolute atomic E-state index is 13.9. The average molecular weight is 517 g/mol. The van der Waals surface area contributed by atoms with Crippen molar-refractivity contribution in [2.75, 3.05) is 19.6 Å². The summed E-state index contributed by atoms with van der Waals surface area (Å²) in [7, 11) is 0. The van der Waals surface area contributed by atoms with Gasteiger partial charge in [-0.05, 0) is 70.5 Å². The fraction of sp³-hybridized carbons (Fsp3) is 0.438. The summed E-state index contributed by atoms with van der Waals surface area (Å²) in [6, 6.07) is 18.6. The van der Waals surface area contributed by atoms with Crippen LogP contribution in [0.5, 0.6) is 0 Å². The number of unbranched alkanes of at least 4 members (excludes halogenated alkanes) is 1. The standard InChI is InChI=1S/C32H40N2O2S/c1-6-8-19-33(31(36)25-11-9-23(7-2)10-12-25)22-29(35)34-20-17-28-27(18-21-37-28)30(34)24-13-15-26(16-14-24)32(3,4)5/h9-16,18,21,30H,6-8,17,19-20,22H2,1-5H3. The Kier molecular flexibility index (Phi) is 8.53. The quantitative estimate of drug-likeness (QED) is 0.323. The number of nitrogens with zero attached hydrogens (tertiary/aromatic N) is 2. The summed E-state index contributed by atoms with van der Waals surface area (Å²) in [5.74, 6) is -0.0554.